The molecule has 138 valence electrons. The molecule has 0 amide bonds. The van der Waals surface area contributed by atoms with Crippen LogP contribution in [0.2, 0.25) is 0 Å². The van der Waals surface area contributed by atoms with Crippen LogP contribution < -0.4 is 9.80 Å². The van der Waals surface area contributed by atoms with Gasteiger partial charge in [-0.15, -0.1) is 10.2 Å². The number of anilines is 2. The summed E-state index contributed by atoms with van der Waals surface area (Å²) in [7, 11) is 0. The van der Waals surface area contributed by atoms with E-state index in [4.69, 9.17) is 0 Å². The first-order valence-corrected chi connectivity index (χ1v) is 8.99. The van der Waals surface area contributed by atoms with Gasteiger partial charge in [0.1, 0.15) is 6.33 Å². The van der Waals surface area contributed by atoms with Crippen molar-refractivity contribution in [3.63, 3.8) is 0 Å². The van der Waals surface area contributed by atoms with Crippen LogP contribution >= 0.6 is 0 Å². The van der Waals surface area contributed by atoms with Crippen molar-refractivity contribution < 1.29 is 4.39 Å². The van der Waals surface area contributed by atoms with E-state index in [9.17, 15) is 4.39 Å². The molecule has 3 aromatic rings. The Labute approximate surface area is 156 Å². The fraction of sp³-hybridized carbons (Fsp3) is 0.316. The van der Waals surface area contributed by atoms with Crippen molar-refractivity contribution in [2.45, 2.75) is 13.3 Å². The van der Waals surface area contributed by atoms with E-state index in [0.29, 0.717) is 31.0 Å². The van der Waals surface area contributed by atoms with Crippen molar-refractivity contribution in [1.82, 2.24) is 25.1 Å². The minimum absolute atomic E-state index is 0.311. The molecule has 0 bridgehead atoms. The second-order valence-electron chi connectivity index (χ2n) is 6.30. The van der Waals surface area contributed by atoms with Crippen LogP contribution in [0.4, 0.5) is 16.0 Å². The highest BCUT2D eigenvalue weighted by molar-refractivity contribution is 5.58. The number of nitrogens with zero attached hydrogens (tertiary/aromatic N) is 7. The zero-order chi connectivity index (χ0) is 18.6. The van der Waals surface area contributed by atoms with Gasteiger partial charge in [0.2, 0.25) is 0 Å². The predicted molar refractivity (Wildman–Crippen MR) is 101 cm³/mol. The lowest BCUT2D eigenvalue weighted by molar-refractivity contribution is 0.567. The third-order valence-electron chi connectivity index (χ3n) is 4.69. The Morgan fingerprint density at radius 2 is 1.81 bits per heavy atom. The number of hydrogen-bond acceptors (Lipinski definition) is 7. The SMILES string of the molecule is CCc1ncnc(N2CCN(c3ccc(-c4cccnc4)nn3)CC2)c1F. The summed E-state index contributed by atoms with van der Waals surface area (Å²) in [6, 6.07) is 7.74. The van der Waals surface area contributed by atoms with Crippen LogP contribution in [0.25, 0.3) is 11.3 Å². The van der Waals surface area contributed by atoms with Crippen molar-refractivity contribution in [3.05, 3.63) is 54.5 Å². The summed E-state index contributed by atoms with van der Waals surface area (Å²) < 4.78 is 14.5. The fourth-order valence-electron chi connectivity index (χ4n) is 3.17. The predicted octanol–water partition coefficient (Wildman–Crippen LogP) is 2.36. The van der Waals surface area contributed by atoms with Crippen molar-refractivity contribution in [3.8, 4) is 11.3 Å². The van der Waals surface area contributed by atoms with Gasteiger partial charge >= 0.3 is 0 Å². The molecule has 0 aromatic carbocycles. The zero-order valence-electron chi connectivity index (χ0n) is 15.1. The van der Waals surface area contributed by atoms with Gasteiger partial charge in [0.15, 0.2) is 17.5 Å². The molecular formula is C19H20FN7. The number of aromatic nitrogens is 5. The lowest BCUT2D eigenvalue weighted by atomic mass is 10.2. The lowest BCUT2D eigenvalue weighted by Crippen LogP contribution is -2.47. The molecule has 0 radical (unpaired) electrons. The first kappa shape index (κ1) is 17.3. The standard InChI is InChI=1S/C19H20FN7/c1-2-15-18(20)19(23-13-22-15)27-10-8-26(9-11-27)17-6-5-16(24-25-17)14-4-3-7-21-12-14/h3-7,12-13H,2,8-11H2,1H3. The highest BCUT2D eigenvalue weighted by Crippen LogP contribution is 2.22. The Kier molecular flexibility index (Phi) is 4.86. The van der Waals surface area contributed by atoms with Crippen molar-refractivity contribution >= 4 is 11.6 Å². The third kappa shape index (κ3) is 3.55. The third-order valence-corrected chi connectivity index (χ3v) is 4.69. The highest BCUT2D eigenvalue weighted by atomic mass is 19.1. The van der Waals surface area contributed by atoms with Crippen LogP contribution in [0, 0.1) is 5.82 Å². The number of pyridine rings is 1. The van der Waals surface area contributed by atoms with Gasteiger partial charge in [-0.1, -0.05) is 6.92 Å². The maximum Gasteiger partial charge on any atom is 0.187 e. The Morgan fingerprint density at radius 3 is 2.48 bits per heavy atom. The van der Waals surface area contributed by atoms with Crippen molar-refractivity contribution in [2.24, 2.45) is 0 Å². The molecule has 8 heteroatoms. The number of piperazine rings is 1. The topological polar surface area (TPSA) is 70.9 Å². The first-order chi connectivity index (χ1) is 13.3. The normalized spacial score (nSPS) is 14.4. The van der Waals surface area contributed by atoms with Crippen LogP contribution in [-0.2, 0) is 6.42 Å². The van der Waals surface area contributed by atoms with Gasteiger partial charge in [0.05, 0.1) is 11.4 Å². The lowest BCUT2D eigenvalue weighted by Gasteiger charge is -2.35. The molecule has 1 fully saturated rings. The van der Waals surface area contributed by atoms with Gasteiger partial charge in [0, 0.05) is 44.1 Å². The molecule has 0 unspecified atom stereocenters. The highest BCUT2D eigenvalue weighted by Gasteiger charge is 2.23. The van der Waals surface area contributed by atoms with E-state index in [0.717, 1.165) is 30.2 Å². The minimum atomic E-state index is -0.311. The molecule has 0 saturated carbocycles. The van der Waals surface area contributed by atoms with E-state index < -0.39 is 0 Å². The molecule has 0 aliphatic carbocycles. The summed E-state index contributed by atoms with van der Waals surface area (Å²) in [5.74, 6) is 0.897. The van der Waals surface area contributed by atoms with Gasteiger partial charge < -0.3 is 9.80 Å². The van der Waals surface area contributed by atoms with Crippen LogP contribution in [-0.4, -0.2) is 51.3 Å². The van der Waals surface area contributed by atoms with Crippen LogP contribution in [0.15, 0.2) is 43.0 Å². The summed E-state index contributed by atoms with van der Waals surface area (Å²) in [6.07, 6.45) is 5.49. The molecule has 27 heavy (non-hydrogen) atoms. The minimum Gasteiger partial charge on any atom is -0.352 e. The molecule has 1 aliphatic rings. The van der Waals surface area contributed by atoms with E-state index in [1.807, 2.05) is 36.1 Å². The van der Waals surface area contributed by atoms with E-state index >= 15 is 0 Å². The van der Waals surface area contributed by atoms with Crippen molar-refractivity contribution in [1.29, 1.82) is 0 Å². The molecule has 0 spiro atoms. The molecular weight excluding hydrogens is 345 g/mol. The number of aryl methyl sites for hydroxylation is 1. The van der Waals surface area contributed by atoms with E-state index in [1.54, 1.807) is 12.4 Å². The number of hydrogen-bond donors (Lipinski definition) is 0. The summed E-state index contributed by atoms with van der Waals surface area (Å²) in [5, 5.41) is 8.66. The van der Waals surface area contributed by atoms with E-state index in [1.165, 1.54) is 6.33 Å². The van der Waals surface area contributed by atoms with Gasteiger partial charge in [0.25, 0.3) is 0 Å². The zero-order valence-corrected chi connectivity index (χ0v) is 15.1. The van der Waals surface area contributed by atoms with Gasteiger partial charge in [-0.3, -0.25) is 4.98 Å². The molecule has 4 heterocycles. The Hall–Kier alpha value is -3.16. The van der Waals surface area contributed by atoms with E-state index in [2.05, 4.69) is 30.0 Å². The van der Waals surface area contributed by atoms with E-state index in [-0.39, 0.29) is 5.82 Å². The molecule has 1 saturated heterocycles. The maximum absolute atomic E-state index is 14.5. The van der Waals surface area contributed by atoms with Crippen LogP contribution in [0.1, 0.15) is 12.6 Å². The summed E-state index contributed by atoms with van der Waals surface area (Å²) in [6.45, 7) is 4.69. The van der Waals surface area contributed by atoms with Gasteiger partial charge in [-0.2, -0.15) is 0 Å². The molecule has 0 atom stereocenters. The molecule has 3 aromatic heterocycles. The second kappa shape index (κ2) is 7.61. The van der Waals surface area contributed by atoms with Crippen LogP contribution in [0.3, 0.4) is 0 Å². The Balaban J connectivity index is 1.44. The smallest absolute Gasteiger partial charge is 0.187 e. The summed E-state index contributed by atoms with van der Waals surface area (Å²) >= 11 is 0. The average Bonchev–Trinajstić information content (AvgIpc) is 2.75. The summed E-state index contributed by atoms with van der Waals surface area (Å²) in [4.78, 5) is 16.4. The largest absolute Gasteiger partial charge is 0.352 e. The Morgan fingerprint density at radius 1 is 1.00 bits per heavy atom. The molecule has 7 nitrogen and oxygen atoms in total. The maximum atomic E-state index is 14.5. The number of rotatable bonds is 4. The fourth-order valence-corrected chi connectivity index (χ4v) is 3.17. The second-order valence-corrected chi connectivity index (χ2v) is 6.30. The first-order valence-electron chi connectivity index (χ1n) is 8.99. The molecule has 0 N–H and O–H groups in total. The van der Waals surface area contributed by atoms with Gasteiger partial charge in [-0.05, 0) is 30.7 Å². The molecule has 4 rings (SSSR count). The average molecular weight is 365 g/mol. The monoisotopic (exact) mass is 365 g/mol. The summed E-state index contributed by atoms with van der Waals surface area (Å²) in [5.41, 5.74) is 2.19. The van der Waals surface area contributed by atoms with Gasteiger partial charge in [-0.25, -0.2) is 14.4 Å². The number of halogens is 1. The Bertz CT molecular complexity index is 894. The van der Waals surface area contributed by atoms with Crippen molar-refractivity contribution in [2.75, 3.05) is 36.0 Å². The van der Waals surface area contributed by atoms with Crippen LogP contribution in [0.5, 0.6) is 0 Å². The quantitative estimate of drug-likeness (QED) is 0.703. The molecule has 1 aliphatic heterocycles.